The second kappa shape index (κ2) is 6.18. The van der Waals surface area contributed by atoms with Crippen molar-refractivity contribution in [3.8, 4) is 0 Å². The Hall–Kier alpha value is -0.860. The zero-order valence-electron chi connectivity index (χ0n) is 9.42. The van der Waals surface area contributed by atoms with Gasteiger partial charge in [0.05, 0.1) is 6.54 Å². The van der Waals surface area contributed by atoms with Gasteiger partial charge in [0.1, 0.15) is 0 Å². The van der Waals surface area contributed by atoms with Crippen LogP contribution in [0.3, 0.4) is 0 Å². The number of hydrazine groups is 1. The summed E-state index contributed by atoms with van der Waals surface area (Å²) < 4.78 is 37.0. The highest BCUT2D eigenvalue weighted by atomic mass is 32.1. The molecule has 4 nitrogen and oxygen atoms in total. The second-order valence-corrected chi connectivity index (χ2v) is 4.72. The summed E-state index contributed by atoms with van der Waals surface area (Å²) in [5, 5.41) is 0.503. The number of rotatable bonds is 6. The number of nitrogen functional groups attached to an aromatic ring is 1. The number of alkyl halides is 3. The van der Waals surface area contributed by atoms with E-state index in [4.69, 9.17) is 5.84 Å². The van der Waals surface area contributed by atoms with Crippen LogP contribution in [0.15, 0.2) is 6.20 Å². The quantitative estimate of drug-likeness (QED) is 0.613. The summed E-state index contributed by atoms with van der Waals surface area (Å²) in [5.41, 5.74) is 2.37. The molecule has 0 aliphatic carbocycles. The number of thiazole rings is 1. The molecule has 0 aliphatic heterocycles. The van der Waals surface area contributed by atoms with Crippen molar-refractivity contribution < 1.29 is 13.2 Å². The van der Waals surface area contributed by atoms with Crippen LogP contribution in [0.25, 0.3) is 0 Å². The summed E-state index contributed by atoms with van der Waals surface area (Å²) in [5.74, 6) is 5.16. The van der Waals surface area contributed by atoms with Crippen LogP contribution < -0.4 is 11.3 Å². The number of hydrogen-bond acceptors (Lipinski definition) is 5. The Kier molecular flexibility index (Phi) is 5.16. The van der Waals surface area contributed by atoms with E-state index in [1.165, 1.54) is 16.2 Å². The molecule has 1 aromatic rings. The van der Waals surface area contributed by atoms with Crippen molar-refractivity contribution in [3.05, 3.63) is 11.1 Å². The lowest BCUT2D eigenvalue weighted by Gasteiger charge is -2.21. The zero-order chi connectivity index (χ0) is 12.9. The predicted octanol–water partition coefficient (Wildman–Crippen LogP) is 2.20. The third kappa shape index (κ3) is 5.33. The van der Waals surface area contributed by atoms with Gasteiger partial charge in [0.15, 0.2) is 5.13 Å². The van der Waals surface area contributed by atoms with Crippen LogP contribution in [0.4, 0.5) is 18.3 Å². The molecule has 0 bridgehead atoms. The molecule has 1 rings (SSSR count). The minimum atomic E-state index is -4.17. The average molecular weight is 268 g/mol. The van der Waals surface area contributed by atoms with Crippen molar-refractivity contribution in [1.82, 2.24) is 9.88 Å². The molecule has 1 heterocycles. The monoisotopic (exact) mass is 268 g/mol. The van der Waals surface area contributed by atoms with Crippen molar-refractivity contribution in [2.45, 2.75) is 26.1 Å². The molecule has 0 saturated heterocycles. The smallest absolute Gasteiger partial charge is 0.300 e. The first kappa shape index (κ1) is 14.2. The number of nitrogens with zero attached hydrogens (tertiary/aromatic N) is 2. The van der Waals surface area contributed by atoms with Gasteiger partial charge in [-0.3, -0.25) is 10.3 Å². The van der Waals surface area contributed by atoms with Gasteiger partial charge < -0.3 is 0 Å². The first-order chi connectivity index (χ1) is 7.94. The van der Waals surface area contributed by atoms with Crippen LogP contribution in [0, 0.1) is 0 Å². The van der Waals surface area contributed by atoms with E-state index in [1.807, 2.05) is 6.92 Å². The highest BCUT2D eigenvalue weighted by molar-refractivity contribution is 7.15. The van der Waals surface area contributed by atoms with E-state index in [2.05, 4.69) is 10.4 Å². The number of hydrogen-bond donors (Lipinski definition) is 2. The van der Waals surface area contributed by atoms with Crippen LogP contribution in [-0.2, 0) is 6.54 Å². The Balaban J connectivity index is 2.59. The fraction of sp³-hybridized carbons (Fsp3) is 0.667. The molecule has 0 atom stereocenters. The van der Waals surface area contributed by atoms with Crippen LogP contribution in [0.1, 0.15) is 18.2 Å². The zero-order valence-corrected chi connectivity index (χ0v) is 10.2. The number of anilines is 1. The minimum Gasteiger partial charge on any atom is -0.300 e. The molecule has 0 fully saturated rings. The van der Waals surface area contributed by atoms with Crippen LogP contribution in [-0.4, -0.2) is 29.1 Å². The lowest BCUT2D eigenvalue weighted by molar-refractivity contribution is -0.147. The van der Waals surface area contributed by atoms with E-state index in [-0.39, 0.29) is 6.54 Å². The Labute approximate surface area is 102 Å². The number of aromatic nitrogens is 1. The number of nitrogens with two attached hydrogens (primary N) is 1. The molecule has 1 aromatic heterocycles. The third-order valence-corrected chi connectivity index (χ3v) is 2.91. The molecule has 0 aliphatic rings. The minimum absolute atomic E-state index is 0.243. The SMILES string of the molecule is CCCN(Cc1cnc(NN)s1)CC(F)(F)F. The molecule has 0 saturated carbocycles. The van der Waals surface area contributed by atoms with Gasteiger partial charge in [0.2, 0.25) is 0 Å². The van der Waals surface area contributed by atoms with E-state index in [1.54, 1.807) is 6.20 Å². The fourth-order valence-electron chi connectivity index (χ4n) is 1.45. The Bertz CT molecular complexity index is 339. The second-order valence-electron chi connectivity index (χ2n) is 3.60. The Morgan fingerprint density at radius 1 is 1.53 bits per heavy atom. The topological polar surface area (TPSA) is 54.2 Å². The number of halogens is 3. The van der Waals surface area contributed by atoms with Gasteiger partial charge in [0, 0.05) is 17.6 Å². The highest BCUT2D eigenvalue weighted by Gasteiger charge is 2.30. The predicted molar refractivity (Wildman–Crippen MR) is 61.5 cm³/mol. The maximum atomic E-state index is 12.3. The molecular formula is C9H15F3N4S. The van der Waals surface area contributed by atoms with E-state index in [9.17, 15) is 13.2 Å². The van der Waals surface area contributed by atoms with Crippen LogP contribution in [0.5, 0.6) is 0 Å². The third-order valence-electron chi connectivity index (χ3n) is 2.00. The van der Waals surface area contributed by atoms with E-state index in [0.29, 0.717) is 18.1 Å². The fourth-order valence-corrected chi connectivity index (χ4v) is 2.22. The van der Waals surface area contributed by atoms with Gasteiger partial charge in [-0.15, -0.1) is 0 Å². The van der Waals surface area contributed by atoms with Gasteiger partial charge in [0.25, 0.3) is 0 Å². The van der Waals surface area contributed by atoms with Crippen LogP contribution in [0.2, 0.25) is 0 Å². The molecule has 0 radical (unpaired) electrons. The summed E-state index contributed by atoms with van der Waals surface area (Å²) >= 11 is 1.26. The van der Waals surface area contributed by atoms with Gasteiger partial charge in [-0.25, -0.2) is 10.8 Å². The van der Waals surface area contributed by atoms with Gasteiger partial charge in [-0.1, -0.05) is 18.3 Å². The normalized spacial score (nSPS) is 12.1. The standard InChI is InChI=1S/C9H15F3N4S/c1-2-3-16(6-9(10,11)12)5-7-4-14-8(15-13)17-7/h4H,2-3,5-6,13H2,1H3,(H,14,15). The van der Waals surface area contributed by atoms with Crippen molar-refractivity contribution >= 4 is 16.5 Å². The molecule has 17 heavy (non-hydrogen) atoms. The van der Waals surface area contributed by atoms with E-state index >= 15 is 0 Å². The summed E-state index contributed by atoms with van der Waals surface area (Å²) in [4.78, 5) is 6.03. The first-order valence-corrected chi connectivity index (χ1v) is 5.96. The van der Waals surface area contributed by atoms with Crippen molar-refractivity contribution in [3.63, 3.8) is 0 Å². The summed E-state index contributed by atoms with van der Waals surface area (Å²) in [6.07, 6.45) is -1.95. The Morgan fingerprint density at radius 2 is 2.24 bits per heavy atom. The lowest BCUT2D eigenvalue weighted by Crippen LogP contribution is -2.34. The highest BCUT2D eigenvalue weighted by Crippen LogP contribution is 2.22. The number of nitrogens with one attached hydrogen (secondary N) is 1. The molecule has 8 heteroatoms. The largest absolute Gasteiger partial charge is 0.401 e. The Morgan fingerprint density at radius 3 is 2.71 bits per heavy atom. The molecule has 0 spiro atoms. The molecule has 0 aromatic carbocycles. The average Bonchev–Trinajstić information content (AvgIpc) is 2.63. The maximum Gasteiger partial charge on any atom is 0.401 e. The van der Waals surface area contributed by atoms with Gasteiger partial charge in [-0.2, -0.15) is 13.2 Å². The molecule has 0 amide bonds. The van der Waals surface area contributed by atoms with E-state index in [0.717, 1.165) is 4.88 Å². The summed E-state index contributed by atoms with van der Waals surface area (Å²) in [7, 11) is 0. The van der Waals surface area contributed by atoms with Gasteiger partial charge in [-0.05, 0) is 13.0 Å². The lowest BCUT2D eigenvalue weighted by atomic mass is 10.3. The van der Waals surface area contributed by atoms with Gasteiger partial charge >= 0.3 is 6.18 Å². The molecular weight excluding hydrogens is 253 g/mol. The van der Waals surface area contributed by atoms with Crippen molar-refractivity contribution in [1.29, 1.82) is 0 Å². The molecule has 3 N–H and O–H groups in total. The van der Waals surface area contributed by atoms with E-state index < -0.39 is 12.7 Å². The maximum absolute atomic E-state index is 12.3. The summed E-state index contributed by atoms with van der Waals surface area (Å²) in [6, 6.07) is 0. The van der Waals surface area contributed by atoms with Crippen molar-refractivity contribution in [2.24, 2.45) is 5.84 Å². The summed E-state index contributed by atoms with van der Waals surface area (Å²) in [6.45, 7) is 1.60. The van der Waals surface area contributed by atoms with Crippen LogP contribution >= 0.6 is 11.3 Å². The first-order valence-electron chi connectivity index (χ1n) is 5.15. The van der Waals surface area contributed by atoms with Crippen molar-refractivity contribution in [2.75, 3.05) is 18.5 Å². The molecule has 0 unspecified atom stereocenters. The molecule has 98 valence electrons.